The van der Waals surface area contributed by atoms with E-state index in [1.807, 2.05) is 36.4 Å². The number of hydrogen-bond acceptors (Lipinski definition) is 1. The van der Waals surface area contributed by atoms with Crippen molar-refractivity contribution in [1.82, 2.24) is 0 Å². The molecule has 0 heterocycles. The van der Waals surface area contributed by atoms with Crippen LogP contribution in [0.15, 0.2) is 70.5 Å². The molecule has 2 rings (SSSR count). The van der Waals surface area contributed by atoms with E-state index in [-0.39, 0.29) is 11.1 Å². The maximum Gasteiger partial charge on any atom is 0.181 e. The minimum absolute atomic E-state index is 0.297. The Bertz CT molecular complexity index is 346. The van der Waals surface area contributed by atoms with Gasteiger partial charge in [-0.15, -0.1) is 5.14 Å². The van der Waals surface area contributed by atoms with E-state index >= 15 is 0 Å². The van der Waals surface area contributed by atoms with Crippen molar-refractivity contribution >= 4 is 11.1 Å². The highest BCUT2D eigenvalue weighted by atomic mass is 32.2. The van der Waals surface area contributed by atoms with Gasteiger partial charge in [0.1, 0.15) is 11.1 Å². The molecule has 14 heavy (non-hydrogen) atoms. The normalized spacial score (nSPS) is 10.4. The smallest absolute Gasteiger partial charge is 0.141 e. The van der Waals surface area contributed by atoms with E-state index in [4.69, 9.17) is 5.14 Å². The van der Waals surface area contributed by atoms with Crippen molar-refractivity contribution in [2.24, 2.45) is 5.14 Å². The van der Waals surface area contributed by atoms with Crippen LogP contribution >= 0.6 is 0 Å². The molecule has 0 aromatic heterocycles. The minimum atomic E-state index is -0.297. The number of nitrogens with two attached hydrogens (primary N) is 1. The second kappa shape index (κ2) is 4.31. The highest BCUT2D eigenvalue weighted by molar-refractivity contribution is 7.94. The Labute approximate surface area is 87.1 Å². The highest BCUT2D eigenvalue weighted by Crippen LogP contribution is 2.17. The molecule has 0 bridgehead atoms. The summed E-state index contributed by atoms with van der Waals surface area (Å²) < 4.78 is 0. The fourth-order valence-corrected chi connectivity index (χ4v) is 2.44. The van der Waals surface area contributed by atoms with E-state index in [1.165, 1.54) is 9.79 Å². The number of hydrogen-bond donors (Lipinski definition) is 1. The molecule has 0 amide bonds. The Hall–Kier alpha value is -1.25. The molecule has 0 atom stereocenters. The fraction of sp³-hybridized carbons (Fsp3) is 0. The number of rotatable bonds is 2. The van der Waals surface area contributed by atoms with Crippen LogP contribution in [0.4, 0.5) is 0 Å². The molecule has 70 valence electrons. The summed E-state index contributed by atoms with van der Waals surface area (Å²) in [5.41, 5.74) is 0. The van der Waals surface area contributed by atoms with Gasteiger partial charge in [0, 0.05) is 0 Å². The monoisotopic (exact) mass is 202 g/mol. The molecule has 2 aromatic rings. The largest absolute Gasteiger partial charge is 0.181 e. The third-order valence-electron chi connectivity index (χ3n) is 1.99. The first-order chi connectivity index (χ1) is 6.88. The minimum Gasteiger partial charge on any atom is -0.141 e. The Morgan fingerprint density at radius 3 is 1.36 bits per heavy atom. The van der Waals surface area contributed by atoms with Gasteiger partial charge in [0.2, 0.25) is 0 Å². The van der Waals surface area contributed by atoms with Crippen molar-refractivity contribution in [3.8, 4) is 0 Å². The maximum absolute atomic E-state index is 6.14. The fourth-order valence-electron chi connectivity index (χ4n) is 1.27. The van der Waals surface area contributed by atoms with Gasteiger partial charge in [-0.1, -0.05) is 36.4 Å². The summed E-state index contributed by atoms with van der Waals surface area (Å²) in [5.74, 6) is 0. The lowest BCUT2D eigenvalue weighted by Gasteiger charge is -1.99. The summed E-state index contributed by atoms with van der Waals surface area (Å²) in [6.45, 7) is 0. The first-order valence-electron chi connectivity index (χ1n) is 4.47. The molecule has 2 aromatic carbocycles. The van der Waals surface area contributed by atoms with Crippen LogP contribution in [0.5, 0.6) is 0 Å². The van der Waals surface area contributed by atoms with E-state index in [0.717, 1.165) is 0 Å². The molecule has 0 radical (unpaired) electrons. The van der Waals surface area contributed by atoms with Gasteiger partial charge >= 0.3 is 0 Å². The van der Waals surface area contributed by atoms with Crippen molar-refractivity contribution in [3.63, 3.8) is 0 Å². The summed E-state index contributed by atoms with van der Waals surface area (Å²) in [4.78, 5) is 2.36. The van der Waals surface area contributed by atoms with Crippen LogP contribution in [0.3, 0.4) is 0 Å². The molecule has 0 unspecified atom stereocenters. The van der Waals surface area contributed by atoms with Gasteiger partial charge in [-0.05, 0) is 24.3 Å². The zero-order chi connectivity index (χ0) is 9.80. The van der Waals surface area contributed by atoms with Gasteiger partial charge in [-0.3, -0.25) is 0 Å². The van der Waals surface area contributed by atoms with Gasteiger partial charge in [0.15, 0.2) is 9.79 Å². The van der Waals surface area contributed by atoms with Crippen molar-refractivity contribution in [2.75, 3.05) is 0 Å². The molecule has 0 aliphatic heterocycles. The van der Waals surface area contributed by atoms with E-state index in [0.29, 0.717) is 0 Å². The lowest BCUT2D eigenvalue weighted by molar-refractivity contribution is 1.36. The van der Waals surface area contributed by atoms with Crippen LogP contribution < -0.4 is 5.14 Å². The van der Waals surface area contributed by atoms with Gasteiger partial charge in [-0.2, -0.15) is 0 Å². The molecule has 0 spiro atoms. The van der Waals surface area contributed by atoms with Gasteiger partial charge < -0.3 is 0 Å². The SMILES string of the molecule is N[S+](c1ccccc1)c1ccccc1. The van der Waals surface area contributed by atoms with Crippen LogP contribution in [0, 0.1) is 0 Å². The van der Waals surface area contributed by atoms with Crippen molar-refractivity contribution in [1.29, 1.82) is 0 Å². The average molecular weight is 202 g/mol. The second-order valence-corrected chi connectivity index (χ2v) is 4.58. The molecule has 0 saturated heterocycles. The zero-order valence-corrected chi connectivity index (χ0v) is 8.58. The Balaban J connectivity index is 2.30. The van der Waals surface area contributed by atoms with E-state index in [1.54, 1.807) is 0 Å². The number of benzene rings is 2. The van der Waals surface area contributed by atoms with Crippen LogP contribution in [0.25, 0.3) is 0 Å². The molecular formula is C12H12NS+. The van der Waals surface area contributed by atoms with Gasteiger partial charge in [0.25, 0.3) is 0 Å². The second-order valence-electron chi connectivity index (χ2n) is 2.96. The summed E-state index contributed by atoms with van der Waals surface area (Å²) in [5, 5.41) is 6.14. The first kappa shape index (κ1) is 9.31. The lowest BCUT2D eigenvalue weighted by Crippen LogP contribution is -2.13. The molecule has 2 heteroatoms. The maximum atomic E-state index is 6.14. The molecule has 0 aliphatic carbocycles. The third kappa shape index (κ3) is 1.97. The quantitative estimate of drug-likeness (QED) is 0.744. The van der Waals surface area contributed by atoms with Crippen molar-refractivity contribution in [3.05, 3.63) is 60.7 Å². The Kier molecular flexibility index (Phi) is 2.87. The van der Waals surface area contributed by atoms with Crippen LogP contribution in [0.2, 0.25) is 0 Å². The predicted octanol–water partition coefficient (Wildman–Crippen LogP) is 2.60. The van der Waals surface area contributed by atoms with E-state index in [9.17, 15) is 0 Å². The average Bonchev–Trinajstić information content (AvgIpc) is 2.30. The van der Waals surface area contributed by atoms with Crippen LogP contribution in [0.1, 0.15) is 0 Å². The Morgan fingerprint density at radius 1 is 0.643 bits per heavy atom. The molecule has 1 nitrogen and oxygen atoms in total. The molecule has 0 saturated carbocycles. The van der Waals surface area contributed by atoms with Crippen molar-refractivity contribution in [2.45, 2.75) is 9.79 Å². The summed E-state index contributed by atoms with van der Waals surface area (Å²) in [6.07, 6.45) is 0. The van der Waals surface area contributed by atoms with Gasteiger partial charge in [0.05, 0.1) is 0 Å². The summed E-state index contributed by atoms with van der Waals surface area (Å²) in [7, 11) is 0. The van der Waals surface area contributed by atoms with Crippen molar-refractivity contribution < 1.29 is 0 Å². The predicted molar refractivity (Wildman–Crippen MR) is 61.0 cm³/mol. The highest BCUT2D eigenvalue weighted by Gasteiger charge is 2.19. The Morgan fingerprint density at radius 2 is 1.00 bits per heavy atom. The topological polar surface area (TPSA) is 26.0 Å². The van der Waals surface area contributed by atoms with Crippen LogP contribution in [-0.4, -0.2) is 0 Å². The molecular weight excluding hydrogens is 190 g/mol. The van der Waals surface area contributed by atoms with Crippen LogP contribution in [-0.2, 0) is 11.1 Å². The lowest BCUT2D eigenvalue weighted by atomic mass is 10.4. The van der Waals surface area contributed by atoms with E-state index in [2.05, 4.69) is 24.3 Å². The molecule has 0 aliphatic rings. The third-order valence-corrected chi connectivity index (χ3v) is 3.55. The molecule has 2 N–H and O–H groups in total. The summed E-state index contributed by atoms with van der Waals surface area (Å²) >= 11 is -0.297. The van der Waals surface area contributed by atoms with Gasteiger partial charge in [-0.25, -0.2) is 0 Å². The molecule has 0 fully saturated rings. The zero-order valence-electron chi connectivity index (χ0n) is 7.76. The first-order valence-corrected chi connectivity index (χ1v) is 5.75. The summed E-state index contributed by atoms with van der Waals surface area (Å²) in [6, 6.07) is 20.3. The van der Waals surface area contributed by atoms with E-state index < -0.39 is 0 Å². The standard InChI is InChI=1S/C12H12NS/c13-14(11-7-3-1-4-8-11)12-9-5-2-6-10-12/h1-10H,13H2/q+1.